The third-order valence-corrected chi connectivity index (χ3v) is 3.68. The van der Waals surface area contributed by atoms with E-state index in [1.165, 1.54) is 0 Å². The Morgan fingerprint density at radius 2 is 2.27 bits per heavy atom. The van der Waals surface area contributed by atoms with Crippen molar-refractivity contribution in [3.05, 3.63) is 40.6 Å². The summed E-state index contributed by atoms with van der Waals surface area (Å²) in [5, 5.41) is 2.92. The maximum Gasteiger partial charge on any atom is 0.195 e. The van der Waals surface area contributed by atoms with E-state index in [0.717, 1.165) is 20.8 Å². The summed E-state index contributed by atoms with van der Waals surface area (Å²) in [6, 6.07) is 5.96. The zero-order valence-electron chi connectivity index (χ0n) is 7.59. The van der Waals surface area contributed by atoms with E-state index < -0.39 is 0 Å². The summed E-state index contributed by atoms with van der Waals surface area (Å²) < 4.78 is 2.91. The van der Waals surface area contributed by atoms with Crippen molar-refractivity contribution < 1.29 is 0 Å². The second-order valence-corrected chi connectivity index (χ2v) is 4.70. The highest BCUT2D eigenvalue weighted by Crippen LogP contribution is 2.23. The Morgan fingerprint density at radius 1 is 1.33 bits per heavy atom. The lowest BCUT2D eigenvalue weighted by atomic mass is 10.4. The Morgan fingerprint density at radius 3 is 3.07 bits per heavy atom. The van der Waals surface area contributed by atoms with Crippen molar-refractivity contribution in [3.8, 4) is 5.13 Å². The lowest BCUT2D eigenvalue weighted by molar-refractivity contribution is 1.08. The van der Waals surface area contributed by atoms with Gasteiger partial charge in [0.05, 0.1) is 11.0 Å². The first kappa shape index (κ1) is 9.06. The first-order chi connectivity index (χ1) is 7.34. The molecular formula is C10H6BrN3S. The molecule has 0 aromatic carbocycles. The Labute approximate surface area is 98.5 Å². The fraction of sp³-hybridized carbons (Fsp3) is 0. The Balaban J connectivity index is 2.27. The van der Waals surface area contributed by atoms with Gasteiger partial charge < -0.3 is 0 Å². The van der Waals surface area contributed by atoms with Crippen molar-refractivity contribution in [1.29, 1.82) is 0 Å². The summed E-state index contributed by atoms with van der Waals surface area (Å²) in [5.74, 6) is 0. The Bertz CT molecular complexity index is 614. The first-order valence-electron chi connectivity index (χ1n) is 4.38. The number of aromatic nitrogens is 3. The third-order valence-electron chi connectivity index (χ3n) is 2.13. The quantitative estimate of drug-likeness (QED) is 0.685. The largest absolute Gasteiger partial charge is 0.291 e. The second kappa shape index (κ2) is 3.43. The standard InChI is InChI=1S/C10H6BrN3S/c11-9-6-15-10(13-9)14-5-3-7-8(14)2-1-4-12-7/h1-6H. The van der Waals surface area contributed by atoms with E-state index >= 15 is 0 Å². The van der Waals surface area contributed by atoms with Gasteiger partial charge in [0.1, 0.15) is 4.60 Å². The molecule has 0 fully saturated rings. The van der Waals surface area contributed by atoms with Gasteiger partial charge in [0.25, 0.3) is 0 Å². The minimum absolute atomic E-state index is 0.869. The van der Waals surface area contributed by atoms with Crippen LogP contribution in [-0.4, -0.2) is 14.5 Å². The monoisotopic (exact) mass is 279 g/mol. The van der Waals surface area contributed by atoms with Crippen LogP contribution in [0.3, 0.4) is 0 Å². The number of thiazole rings is 1. The van der Waals surface area contributed by atoms with Crippen molar-refractivity contribution in [1.82, 2.24) is 14.5 Å². The Kier molecular flexibility index (Phi) is 2.07. The normalized spacial score (nSPS) is 11.0. The van der Waals surface area contributed by atoms with E-state index in [1.807, 2.05) is 34.3 Å². The van der Waals surface area contributed by atoms with Crippen LogP contribution in [0.1, 0.15) is 0 Å². The number of nitrogens with zero attached hydrogens (tertiary/aromatic N) is 3. The molecular weight excluding hydrogens is 274 g/mol. The SMILES string of the molecule is Brc1csc(-n2ccc3ncccc32)n1. The van der Waals surface area contributed by atoms with Gasteiger partial charge in [-0.05, 0) is 34.1 Å². The molecule has 3 aromatic rings. The van der Waals surface area contributed by atoms with Crippen molar-refractivity contribution in [2.45, 2.75) is 0 Å². The second-order valence-electron chi connectivity index (χ2n) is 3.05. The maximum absolute atomic E-state index is 4.37. The van der Waals surface area contributed by atoms with E-state index in [-0.39, 0.29) is 0 Å². The molecule has 0 saturated heterocycles. The molecule has 3 nitrogen and oxygen atoms in total. The molecule has 0 aliphatic heterocycles. The molecule has 0 spiro atoms. The van der Waals surface area contributed by atoms with Gasteiger partial charge >= 0.3 is 0 Å². The number of fused-ring (bicyclic) bond motifs is 1. The Hall–Kier alpha value is -1.20. The lowest BCUT2D eigenvalue weighted by Crippen LogP contribution is -1.90. The molecule has 0 radical (unpaired) electrons. The summed E-state index contributed by atoms with van der Waals surface area (Å²) in [6.07, 6.45) is 3.79. The highest BCUT2D eigenvalue weighted by Gasteiger charge is 2.06. The zero-order chi connectivity index (χ0) is 10.3. The van der Waals surface area contributed by atoms with Gasteiger partial charge in [-0.3, -0.25) is 9.55 Å². The minimum atomic E-state index is 0.869. The summed E-state index contributed by atoms with van der Waals surface area (Å²) in [5.41, 5.74) is 2.07. The molecule has 74 valence electrons. The molecule has 3 heterocycles. The smallest absolute Gasteiger partial charge is 0.195 e. The van der Waals surface area contributed by atoms with Crippen LogP contribution in [0.5, 0.6) is 0 Å². The van der Waals surface area contributed by atoms with Crippen molar-refractivity contribution in [2.24, 2.45) is 0 Å². The third kappa shape index (κ3) is 1.48. The van der Waals surface area contributed by atoms with Crippen LogP contribution in [0.15, 0.2) is 40.6 Å². The van der Waals surface area contributed by atoms with Crippen LogP contribution in [0.25, 0.3) is 16.2 Å². The van der Waals surface area contributed by atoms with Gasteiger partial charge in [0, 0.05) is 17.8 Å². The molecule has 0 atom stereocenters. The highest BCUT2D eigenvalue weighted by molar-refractivity contribution is 9.10. The molecule has 0 aliphatic rings. The number of rotatable bonds is 1. The van der Waals surface area contributed by atoms with Crippen LogP contribution in [0.4, 0.5) is 0 Å². The molecule has 0 amide bonds. The molecule has 15 heavy (non-hydrogen) atoms. The van der Waals surface area contributed by atoms with Crippen molar-refractivity contribution in [2.75, 3.05) is 0 Å². The van der Waals surface area contributed by atoms with Crippen molar-refractivity contribution >= 4 is 38.3 Å². The number of halogens is 1. The van der Waals surface area contributed by atoms with Crippen molar-refractivity contribution in [3.63, 3.8) is 0 Å². The molecule has 0 unspecified atom stereocenters. The van der Waals surface area contributed by atoms with Gasteiger partial charge in [-0.25, -0.2) is 4.98 Å². The summed E-state index contributed by atoms with van der Waals surface area (Å²) >= 11 is 4.95. The number of hydrogen-bond acceptors (Lipinski definition) is 3. The molecule has 0 saturated carbocycles. The predicted octanol–water partition coefficient (Wildman–Crippen LogP) is 3.24. The van der Waals surface area contributed by atoms with E-state index in [9.17, 15) is 0 Å². The van der Waals surface area contributed by atoms with Crippen LogP contribution in [0.2, 0.25) is 0 Å². The van der Waals surface area contributed by atoms with Crippen LogP contribution in [0, 0.1) is 0 Å². The van der Waals surface area contributed by atoms with E-state index in [1.54, 1.807) is 17.5 Å². The molecule has 0 N–H and O–H groups in total. The molecule has 0 bridgehead atoms. The van der Waals surface area contributed by atoms with Gasteiger partial charge in [-0.2, -0.15) is 0 Å². The summed E-state index contributed by atoms with van der Waals surface area (Å²) in [6.45, 7) is 0. The van der Waals surface area contributed by atoms with E-state index in [2.05, 4.69) is 25.9 Å². The topological polar surface area (TPSA) is 30.7 Å². The lowest BCUT2D eigenvalue weighted by Gasteiger charge is -1.98. The molecule has 3 rings (SSSR count). The van der Waals surface area contributed by atoms with Crippen LogP contribution < -0.4 is 0 Å². The average molecular weight is 280 g/mol. The zero-order valence-corrected chi connectivity index (χ0v) is 9.99. The molecule has 0 aliphatic carbocycles. The van der Waals surface area contributed by atoms with Gasteiger partial charge in [0.2, 0.25) is 0 Å². The van der Waals surface area contributed by atoms with Gasteiger partial charge in [0.15, 0.2) is 5.13 Å². The van der Waals surface area contributed by atoms with Gasteiger partial charge in [-0.1, -0.05) is 0 Å². The minimum Gasteiger partial charge on any atom is -0.291 e. The highest BCUT2D eigenvalue weighted by atomic mass is 79.9. The fourth-order valence-electron chi connectivity index (χ4n) is 1.49. The van der Waals surface area contributed by atoms with Crippen LogP contribution in [-0.2, 0) is 0 Å². The number of pyridine rings is 1. The summed E-state index contributed by atoms with van der Waals surface area (Å²) in [7, 11) is 0. The average Bonchev–Trinajstić information content (AvgIpc) is 2.83. The van der Waals surface area contributed by atoms with E-state index in [4.69, 9.17) is 0 Å². The van der Waals surface area contributed by atoms with E-state index in [0.29, 0.717) is 0 Å². The number of hydrogen-bond donors (Lipinski definition) is 0. The fourth-order valence-corrected chi connectivity index (χ4v) is 2.73. The summed E-state index contributed by atoms with van der Waals surface area (Å²) in [4.78, 5) is 8.65. The predicted molar refractivity (Wildman–Crippen MR) is 64.4 cm³/mol. The van der Waals surface area contributed by atoms with Crippen LogP contribution >= 0.6 is 27.3 Å². The first-order valence-corrected chi connectivity index (χ1v) is 6.05. The van der Waals surface area contributed by atoms with Gasteiger partial charge in [-0.15, -0.1) is 11.3 Å². The maximum atomic E-state index is 4.37. The molecule has 3 aromatic heterocycles. The molecule has 5 heteroatoms.